The molecule has 0 saturated heterocycles. The number of amides is 1. The molecule has 0 bridgehead atoms. The maximum absolute atomic E-state index is 10.8. The van der Waals surface area contributed by atoms with Crippen molar-refractivity contribution in [3.63, 3.8) is 0 Å². The van der Waals surface area contributed by atoms with Gasteiger partial charge in [-0.15, -0.1) is 0 Å². The molecule has 0 aromatic heterocycles. The first kappa shape index (κ1) is 8.69. The van der Waals surface area contributed by atoms with Crippen molar-refractivity contribution in [1.29, 1.82) is 0 Å². The van der Waals surface area contributed by atoms with Crippen LogP contribution in [-0.4, -0.2) is 13.0 Å². The van der Waals surface area contributed by atoms with Crippen molar-refractivity contribution in [3.8, 4) is 0 Å². The molecule has 0 atom stereocenters. The summed E-state index contributed by atoms with van der Waals surface area (Å²) in [5.74, 6) is -0.0376. The molecule has 2 nitrogen and oxygen atoms in total. The molecule has 0 spiro atoms. The highest BCUT2D eigenvalue weighted by molar-refractivity contribution is 9.11. The summed E-state index contributed by atoms with van der Waals surface area (Å²) >= 11 is 3.20. The first-order valence-corrected chi connectivity index (χ1v) is 3.44. The molecule has 0 radical (unpaired) electrons. The highest BCUT2D eigenvalue weighted by Crippen LogP contribution is 2.09. The second kappa shape index (κ2) is 3.67. The summed E-state index contributed by atoms with van der Waals surface area (Å²) in [5, 5.41) is 2.52. The Labute approximate surface area is 63.5 Å². The molecule has 0 aromatic carbocycles. The summed E-state index contributed by atoms with van der Waals surface area (Å²) < 4.78 is 0.877. The summed E-state index contributed by atoms with van der Waals surface area (Å²) in [6, 6.07) is 0. The lowest BCUT2D eigenvalue weighted by Gasteiger charge is -1.98. The number of carbonyl (C=O) groups excluding carboxylic acids is 1. The van der Waals surface area contributed by atoms with Gasteiger partial charge < -0.3 is 5.32 Å². The van der Waals surface area contributed by atoms with E-state index in [1.165, 1.54) is 0 Å². The van der Waals surface area contributed by atoms with Gasteiger partial charge in [0.2, 0.25) is 5.91 Å². The minimum absolute atomic E-state index is 0.0376. The summed E-state index contributed by atoms with van der Waals surface area (Å²) in [6.45, 7) is 3.60. The molecule has 1 amide bonds. The molecular weight excluding hydrogens is 182 g/mol. The average Bonchev–Trinajstić information content (AvgIpc) is 1.84. The van der Waals surface area contributed by atoms with Crippen LogP contribution in [0.2, 0.25) is 0 Å². The van der Waals surface area contributed by atoms with Crippen LogP contribution in [0.15, 0.2) is 10.1 Å². The third-order valence-corrected chi connectivity index (χ3v) is 1.68. The molecule has 3 heteroatoms. The Hall–Kier alpha value is -0.310. The van der Waals surface area contributed by atoms with E-state index in [2.05, 4.69) is 21.2 Å². The molecule has 0 aliphatic carbocycles. The maximum Gasteiger partial charge on any atom is 0.247 e. The predicted molar refractivity (Wildman–Crippen MR) is 41.4 cm³/mol. The zero-order valence-electron chi connectivity index (χ0n) is 5.79. The molecule has 0 heterocycles. The standard InChI is InChI=1S/C6H10BrNO/c1-4(5(2)7)6(9)8-3/h1-3H3,(H,8,9)/b5-4-. The van der Waals surface area contributed by atoms with Gasteiger partial charge >= 0.3 is 0 Å². The number of rotatable bonds is 1. The Kier molecular flexibility index (Phi) is 3.54. The number of hydrogen-bond acceptors (Lipinski definition) is 1. The van der Waals surface area contributed by atoms with Crippen molar-refractivity contribution in [2.24, 2.45) is 0 Å². The van der Waals surface area contributed by atoms with Gasteiger partial charge in [0.05, 0.1) is 0 Å². The second-order valence-corrected chi connectivity index (χ2v) is 2.93. The molecule has 0 aromatic rings. The number of likely N-dealkylation sites (N-methyl/N-ethyl adjacent to an activating group) is 1. The lowest BCUT2D eigenvalue weighted by atomic mass is 10.3. The van der Waals surface area contributed by atoms with Crippen molar-refractivity contribution < 1.29 is 4.79 Å². The van der Waals surface area contributed by atoms with E-state index in [0.717, 1.165) is 10.1 Å². The molecule has 1 N–H and O–H groups in total. The van der Waals surface area contributed by atoms with Crippen molar-refractivity contribution in [2.45, 2.75) is 13.8 Å². The molecule has 0 unspecified atom stereocenters. The van der Waals surface area contributed by atoms with Gasteiger partial charge in [-0.2, -0.15) is 0 Å². The van der Waals surface area contributed by atoms with E-state index in [4.69, 9.17) is 0 Å². The van der Waals surface area contributed by atoms with Gasteiger partial charge in [0.25, 0.3) is 0 Å². The highest BCUT2D eigenvalue weighted by atomic mass is 79.9. The second-order valence-electron chi connectivity index (χ2n) is 1.74. The fourth-order valence-corrected chi connectivity index (χ4v) is 0.524. The van der Waals surface area contributed by atoms with Crippen molar-refractivity contribution in [1.82, 2.24) is 5.32 Å². The van der Waals surface area contributed by atoms with Crippen LogP contribution in [0, 0.1) is 0 Å². The summed E-state index contributed by atoms with van der Waals surface area (Å²) in [4.78, 5) is 10.8. The zero-order chi connectivity index (χ0) is 7.44. The van der Waals surface area contributed by atoms with Crippen molar-refractivity contribution in [3.05, 3.63) is 10.1 Å². The number of hydrogen-bond donors (Lipinski definition) is 1. The third kappa shape index (κ3) is 2.65. The maximum atomic E-state index is 10.8. The smallest absolute Gasteiger partial charge is 0.247 e. The highest BCUT2D eigenvalue weighted by Gasteiger charge is 2.01. The van der Waals surface area contributed by atoms with Crippen LogP contribution in [-0.2, 0) is 4.79 Å². The Morgan fingerprint density at radius 1 is 1.44 bits per heavy atom. The van der Waals surface area contributed by atoms with E-state index in [0.29, 0.717) is 0 Å². The number of nitrogens with one attached hydrogen (secondary N) is 1. The molecule has 0 saturated carbocycles. The average molecular weight is 192 g/mol. The van der Waals surface area contributed by atoms with Gasteiger partial charge in [0, 0.05) is 17.1 Å². The molecular formula is C6H10BrNO. The fourth-order valence-electron chi connectivity index (χ4n) is 0.344. The van der Waals surface area contributed by atoms with E-state index in [1.807, 2.05) is 6.92 Å². The van der Waals surface area contributed by atoms with Crippen molar-refractivity contribution >= 4 is 21.8 Å². The Bertz CT molecular complexity index is 147. The van der Waals surface area contributed by atoms with Gasteiger partial charge in [-0.3, -0.25) is 4.79 Å². The van der Waals surface area contributed by atoms with Crippen molar-refractivity contribution in [2.75, 3.05) is 7.05 Å². The molecule has 0 fully saturated rings. The lowest BCUT2D eigenvalue weighted by molar-refractivity contribution is -0.117. The molecule has 0 rings (SSSR count). The van der Waals surface area contributed by atoms with E-state index in [9.17, 15) is 4.79 Å². The third-order valence-electron chi connectivity index (χ3n) is 1.08. The molecule has 52 valence electrons. The molecule has 0 aliphatic rings. The number of allylic oxidation sites excluding steroid dienone is 1. The van der Waals surface area contributed by atoms with E-state index in [1.54, 1.807) is 14.0 Å². The Balaban J connectivity index is 4.21. The fraction of sp³-hybridized carbons (Fsp3) is 0.500. The Morgan fingerprint density at radius 3 is 2.00 bits per heavy atom. The van der Waals surface area contributed by atoms with Crippen LogP contribution < -0.4 is 5.32 Å². The van der Waals surface area contributed by atoms with Crippen LogP contribution in [0.1, 0.15) is 13.8 Å². The van der Waals surface area contributed by atoms with Crippen LogP contribution in [0.5, 0.6) is 0 Å². The van der Waals surface area contributed by atoms with E-state index >= 15 is 0 Å². The summed E-state index contributed by atoms with van der Waals surface area (Å²) in [7, 11) is 1.61. The first-order chi connectivity index (χ1) is 4.09. The molecule has 9 heavy (non-hydrogen) atoms. The van der Waals surface area contributed by atoms with E-state index < -0.39 is 0 Å². The molecule has 0 aliphatic heterocycles. The Morgan fingerprint density at radius 2 is 1.89 bits per heavy atom. The quantitative estimate of drug-likeness (QED) is 0.625. The monoisotopic (exact) mass is 191 g/mol. The van der Waals surface area contributed by atoms with Gasteiger partial charge in [-0.25, -0.2) is 0 Å². The lowest BCUT2D eigenvalue weighted by Crippen LogP contribution is -2.18. The number of halogens is 1. The van der Waals surface area contributed by atoms with Gasteiger partial charge in [-0.1, -0.05) is 15.9 Å². The van der Waals surface area contributed by atoms with Crippen LogP contribution in [0.25, 0.3) is 0 Å². The number of carbonyl (C=O) groups is 1. The predicted octanol–water partition coefficient (Wildman–Crippen LogP) is 1.42. The van der Waals surface area contributed by atoms with Crippen LogP contribution in [0.4, 0.5) is 0 Å². The van der Waals surface area contributed by atoms with E-state index in [-0.39, 0.29) is 5.91 Å². The van der Waals surface area contributed by atoms with Gasteiger partial charge in [0.1, 0.15) is 0 Å². The normalized spacial score (nSPS) is 12.4. The van der Waals surface area contributed by atoms with Crippen LogP contribution in [0.3, 0.4) is 0 Å². The first-order valence-electron chi connectivity index (χ1n) is 2.64. The minimum atomic E-state index is -0.0376. The van der Waals surface area contributed by atoms with Gasteiger partial charge in [-0.05, 0) is 13.8 Å². The topological polar surface area (TPSA) is 29.1 Å². The van der Waals surface area contributed by atoms with Crippen LogP contribution >= 0.6 is 15.9 Å². The SMILES string of the molecule is CNC(=O)/C(C)=C(/C)Br. The zero-order valence-corrected chi connectivity index (χ0v) is 7.37. The summed E-state index contributed by atoms with van der Waals surface area (Å²) in [6.07, 6.45) is 0. The minimum Gasteiger partial charge on any atom is -0.355 e. The van der Waals surface area contributed by atoms with Gasteiger partial charge in [0.15, 0.2) is 0 Å². The summed E-state index contributed by atoms with van der Waals surface area (Å²) in [5.41, 5.74) is 0.720. The largest absolute Gasteiger partial charge is 0.355 e.